The average molecular weight is 364 g/mol. The topological polar surface area (TPSA) is 96.7 Å². The number of rotatable bonds is 4. The molecule has 0 aliphatic heterocycles. The first kappa shape index (κ1) is 16.8. The number of nitrogen functional groups attached to an aromatic ring is 1. The number of hydrogen-bond donors (Lipinski definition) is 3. The molecule has 4 N–H and O–H groups in total. The van der Waals surface area contributed by atoms with E-state index in [4.69, 9.17) is 17.3 Å². The lowest BCUT2D eigenvalue weighted by Crippen LogP contribution is -2.26. The smallest absolute Gasteiger partial charge is 0.274 e. The van der Waals surface area contributed by atoms with Gasteiger partial charge in [0, 0.05) is 18.3 Å². The van der Waals surface area contributed by atoms with E-state index in [2.05, 4.69) is 20.3 Å². The fraction of sp³-hybridized carbons (Fsp3) is 0.0625. The van der Waals surface area contributed by atoms with E-state index in [0.717, 1.165) is 12.1 Å². The number of halogens is 3. The van der Waals surface area contributed by atoms with Crippen LogP contribution in [0, 0.1) is 11.6 Å². The fourth-order valence-corrected chi connectivity index (χ4v) is 2.43. The summed E-state index contributed by atoms with van der Waals surface area (Å²) in [7, 11) is 0. The molecule has 1 aromatic carbocycles. The third-order valence-corrected chi connectivity index (χ3v) is 3.70. The number of aromatic amines is 1. The number of nitrogens with zero attached hydrogens (tertiary/aromatic N) is 2. The summed E-state index contributed by atoms with van der Waals surface area (Å²) in [5, 5.41) is 2.32. The molecule has 3 rings (SSSR count). The summed E-state index contributed by atoms with van der Waals surface area (Å²) in [5.74, 6) is -2.42. The predicted octanol–water partition coefficient (Wildman–Crippen LogP) is 2.92. The van der Waals surface area contributed by atoms with Gasteiger partial charge in [-0.05, 0) is 24.3 Å². The van der Waals surface area contributed by atoms with E-state index in [1.54, 1.807) is 18.3 Å². The van der Waals surface area contributed by atoms with Crippen LogP contribution in [0.2, 0.25) is 5.15 Å². The van der Waals surface area contributed by atoms with Crippen molar-refractivity contribution >= 4 is 23.3 Å². The summed E-state index contributed by atoms with van der Waals surface area (Å²) >= 11 is 6.06. The van der Waals surface area contributed by atoms with Crippen molar-refractivity contribution in [3.8, 4) is 11.4 Å². The molecule has 0 radical (unpaired) electrons. The van der Waals surface area contributed by atoms with Gasteiger partial charge in [-0.25, -0.2) is 18.7 Å². The highest BCUT2D eigenvalue weighted by Crippen LogP contribution is 2.25. The van der Waals surface area contributed by atoms with Gasteiger partial charge in [-0.2, -0.15) is 0 Å². The predicted molar refractivity (Wildman–Crippen MR) is 88.8 cm³/mol. The van der Waals surface area contributed by atoms with Crippen LogP contribution in [0.5, 0.6) is 0 Å². The summed E-state index contributed by atoms with van der Waals surface area (Å²) in [4.78, 5) is 23.1. The second-order valence-electron chi connectivity index (χ2n) is 5.06. The van der Waals surface area contributed by atoms with E-state index < -0.39 is 17.5 Å². The molecule has 0 saturated heterocycles. The molecule has 0 saturated carbocycles. The lowest BCUT2D eigenvalue weighted by molar-refractivity contribution is 0.0946. The maximum Gasteiger partial charge on any atom is 0.274 e. The van der Waals surface area contributed by atoms with Gasteiger partial charge in [-0.1, -0.05) is 17.7 Å². The molecule has 0 atom stereocenters. The van der Waals surface area contributed by atoms with Crippen LogP contribution in [-0.4, -0.2) is 20.9 Å². The zero-order valence-corrected chi connectivity index (χ0v) is 13.4. The Balaban J connectivity index is 1.82. The summed E-state index contributed by atoms with van der Waals surface area (Å²) in [5.41, 5.74) is 6.16. The lowest BCUT2D eigenvalue weighted by Gasteiger charge is -2.10. The number of nitrogens with one attached hydrogen (secondary N) is 2. The maximum absolute atomic E-state index is 13.6. The van der Waals surface area contributed by atoms with Gasteiger partial charge in [0.25, 0.3) is 5.91 Å². The van der Waals surface area contributed by atoms with Crippen LogP contribution in [0.25, 0.3) is 11.4 Å². The number of benzene rings is 1. The van der Waals surface area contributed by atoms with Crippen LogP contribution in [0.15, 0.2) is 36.5 Å². The normalized spacial score (nSPS) is 10.7. The molecule has 2 aromatic heterocycles. The molecule has 3 aromatic rings. The SMILES string of the molecule is Nc1nc(-c2ccc[nH]2)c(Cl)nc1C(=O)NCc1c(F)cccc1F. The number of amides is 1. The van der Waals surface area contributed by atoms with Crippen molar-refractivity contribution in [2.75, 3.05) is 5.73 Å². The van der Waals surface area contributed by atoms with Gasteiger partial charge in [0.2, 0.25) is 0 Å². The van der Waals surface area contributed by atoms with E-state index in [1.165, 1.54) is 6.07 Å². The van der Waals surface area contributed by atoms with Crippen LogP contribution < -0.4 is 11.1 Å². The molecular weight excluding hydrogens is 352 g/mol. The van der Waals surface area contributed by atoms with Crippen LogP contribution in [0.3, 0.4) is 0 Å². The zero-order chi connectivity index (χ0) is 18.0. The second kappa shape index (κ2) is 6.86. The van der Waals surface area contributed by atoms with Crippen molar-refractivity contribution in [1.29, 1.82) is 0 Å². The van der Waals surface area contributed by atoms with Gasteiger partial charge < -0.3 is 16.0 Å². The monoisotopic (exact) mass is 363 g/mol. The average Bonchev–Trinajstić information content (AvgIpc) is 3.10. The summed E-state index contributed by atoms with van der Waals surface area (Å²) in [6, 6.07) is 6.89. The molecule has 2 heterocycles. The Bertz CT molecular complexity index is 910. The summed E-state index contributed by atoms with van der Waals surface area (Å²) in [6.45, 7) is -0.367. The van der Waals surface area contributed by atoms with Gasteiger partial charge in [0.05, 0.1) is 5.69 Å². The van der Waals surface area contributed by atoms with Crippen molar-refractivity contribution < 1.29 is 13.6 Å². The highest BCUT2D eigenvalue weighted by Gasteiger charge is 2.19. The largest absolute Gasteiger partial charge is 0.382 e. The third kappa shape index (κ3) is 3.43. The van der Waals surface area contributed by atoms with E-state index in [9.17, 15) is 13.6 Å². The van der Waals surface area contributed by atoms with Gasteiger partial charge in [-0.15, -0.1) is 0 Å². The highest BCUT2D eigenvalue weighted by molar-refractivity contribution is 6.32. The molecule has 0 fully saturated rings. The Hall–Kier alpha value is -3.00. The molecule has 6 nitrogen and oxygen atoms in total. The second-order valence-corrected chi connectivity index (χ2v) is 5.42. The molecule has 1 amide bonds. The Kier molecular flexibility index (Phi) is 4.62. The van der Waals surface area contributed by atoms with Crippen molar-refractivity contribution in [3.63, 3.8) is 0 Å². The minimum Gasteiger partial charge on any atom is -0.382 e. The van der Waals surface area contributed by atoms with E-state index in [1.807, 2.05) is 0 Å². The number of carbonyl (C=O) groups is 1. The number of hydrogen-bond acceptors (Lipinski definition) is 4. The first-order valence-electron chi connectivity index (χ1n) is 7.15. The van der Waals surface area contributed by atoms with Crippen LogP contribution in [0.4, 0.5) is 14.6 Å². The number of H-pyrrole nitrogens is 1. The Labute approximate surface area is 146 Å². The number of anilines is 1. The van der Waals surface area contributed by atoms with E-state index in [0.29, 0.717) is 11.4 Å². The molecule has 128 valence electrons. The molecule has 25 heavy (non-hydrogen) atoms. The van der Waals surface area contributed by atoms with Crippen LogP contribution >= 0.6 is 11.6 Å². The number of aromatic nitrogens is 3. The third-order valence-electron chi connectivity index (χ3n) is 3.44. The summed E-state index contributed by atoms with van der Waals surface area (Å²) in [6.07, 6.45) is 1.67. The zero-order valence-electron chi connectivity index (χ0n) is 12.7. The van der Waals surface area contributed by atoms with Crippen LogP contribution in [0.1, 0.15) is 16.1 Å². The van der Waals surface area contributed by atoms with E-state index in [-0.39, 0.29) is 28.8 Å². The molecule has 9 heteroatoms. The standard InChI is InChI=1S/C16H12ClF2N5O/c17-14-12(11-5-2-6-21-11)24-15(20)13(23-14)16(25)22-7-8-9(18)3-1-4-10(8)19/h1-6,21H,7H2,(H2,20,24)(H,22,25). The number of nitrogens with two attached hydrogens (primary N) is 1. The minimum absolute atomic E-state index is 0.0288. The van der Waals surface area contributed by atoms with Crippen molar-refractivity contribution in [2.24, 2.45) is 0 Å². The Morgan fingerprint density at radius 3 is 2.56 bits per heavy atom. The first-order valence-corrected chi connectivity index (χ1v) is 7.53. The number of carbonyl (C=O) groups excluding carboxylic acids is 1. The molecular formula is C16H12ClF2N5O. The van der Waals surface area contributed by atoms with E-state index >= 15 is 0 Å². The van der Waals surface area contributed by atoms with Crippen LogP contribution in [-0.2, 0) is 6.54 Å². The lowest BCUT2D eigenvalue weighted by atomic mass is 10.2. The van der Waals surface area contributed by atoms with Gasteiger partial charge in [-0.3, -0.25) is 4.79 Å². The minimum atomic E-state index is -0.764. The van der Waals surface area contributed by atoms with Gasteiger partial charge in [0.15, 0.2) is 16.7 Å². The Morgan fingerprint density at radius 1 is 1.20 bits per heavy atom. The molecule has 0 unspecified atom stereocenters. The highest BCUT2D eigenvalue weighted by atomic mass is 35.5. The van der Waals surface area contributed by atoms with Crippen molar-refractivity contribution in [1.82, 2.24) is 20.3 Å². The quantitative estimate of drug-likeness (QED) is 0.664. The first-order chi connectivity index (χ1) is 12.0. The van der Waals surface area contributed by atoms with Crippen molar-refractivity contribution in [2.45, 2.75) is 6.54 Å². The molecule has 0 aliphatic carbocycles. The molecule has 0 bridgehead atoms. The molecule has 0 aliphatic rings. The molecule has 0 spiro atoms. The van der Waals surface area contributed by atoms with Crippen molar-refractivity contribution in [3.05, 3.63) is 64.6 Å². The van der Waals surface area contributed by atoms with Gasteiger partial charge in [0.1, 0.15) is 17.3 Å². The van der Waals surface area contributed by atoms with Gasteiger partial charge >= 0.3 is 0 Å². The fourth-order valence-electron chi connectivity index (χ4n) is 2.20. The summed E-state index contributed by atoms with van der Waals surface area (Å²) < 4.78 is 27.2. The Morgan fingerprint density at radius 2 is 1.92 bits per heavy atom. The maximum atomic E-state index is 13.6.